The topological polar surface area (TPSA) is 31.6 Å². The molecule has 2 aromatic carbocycles. The molecule has 0 atom stereocenters. The summed E-state index contributed by atoms with van der Waals surface area (Å²) in [5, 5.41) is 2.90. The van der Waals surface area contributed by atoms with Crippen molar-refractivity contribution in [2.24, 2.45) is 7.05 Å². The average molecular weight is 379 g/mol. The van der Waals surface area contributed by atoms with E-state index in [2.05, 4.69) is 0 Å². The van der Waals surface area contributed by atoms with Crippen molar-refractivity contribution >= 4 is 34.0 Å². The summed E-state index contributed by atoms with van der Waals surface area (Å²) in [6, 6.07) is 9.35. The van der Waals surface area contributed by atoms with E-state index < -0.39 is 0 Å². The fraction of sp³-hybridized carbons (Fsp3) is 0.211. The molecule has 0 aliphatic heterocycles. The second-order valence-corrected chi connectivity index (χ2v) is 6.36. The number of aryl methyl sites for hydroxylation is 1. The highest BCUT2D eigenvalue weighted by molar-refractivity contribution is 6.42. The van der Waals surface area contributed by atoms with E-state index in [0.29, 0.717) is 21.5 Å². The third-order valence-electron chi connectivity index (χ3n) is 4.10. The number of halogens is 2. The van der Waals surface area contributed by atoms with Crippen molar-refractivity contribution in [3.05, 3.63) is 46.6 Å². The molecule has 0 unspecified atom stereocenters. The van der Waals surface area contributed by atoms with Crippen LogP contribution in [0.5, 0.6) is 17.2 Å². The van der Waals surface area contributed by atoms with Gasteiger partial charge in [0.2, 0.25) is 0 Å². The Hall–Kier alpha value is -2.17. The molecule has 0 saturated heterocycles. The van der Waals surface area contributed by atoms with Crippen LogP contribution in [0.2, 0.25) is 10.0 Å². The number of benzene rings is 2. The summed E-state index contributed by atoms with van der Waals surface area (Å²) in [5.41, 5.74) is 1.80. The Bertz CT molecular complexity index is 957. The van der Waals surface area contributed by atoms with E-state index in [0.717, 1.165) is 27.8 Å². The highest BCUT2D eigenvalue weighted by atomic mass is 35.5. The number of rotatable bonds is 4. The van der Waals surface area contributed by atoms with Crippen molar-refractivity contribution in [1.29, 1.82) is 0 Å². The fourth-order valence-corrected chi connectivity index (χ4v) is 3.24. The minimum Gasteiger partial charge on any atom is -0.493 e. The third-order valence-corrected chi connectivity index (χ3v) is 4.84. The summed E-state index contributed by atoms with van der Waals surface area (Å²) < 4.78 is 18.6. The first-order valence-electron chi connectivity index (χ1n) is 7.58. The molecule has 3 rings (SSSR count). The molecule has 6 heteroatoms. The molecule has 0 fully saturated rings. The van der Waals surface area contributed by atoms with Crippen LogP contribution in [0.1, 0.15) is 0 Å². The number of nitrogens with zero attached hydrogens (tertiary/aromatic N) is 1. The van der Waals surface area contributed by atoms with Crippen LogP contribution in [0.3, 0.4) is 0 Å². The second kappa shape index (κ2) is 6.98. The molecule has 0 spiro atoms. The molecule has 0 amide bonds. The zero-order valence-electron chi connectivity index (χ0n) is 14.4. The normalized spacial score (nSPS) is 10.8. The van der Waals surface area contributed by atoms with Crippen LogP contribution in [0.15, 0.2) is 36.5 Å². The standard InChI is InChI=1S/C19H18Cl2NO3/c1-22-10-12-8-16(23-2)17(24-3)9-13(12)19(25-4)18(22)11-5-6-14(20)15(21)7-11/h5-10H,1-4H3/q+1. The van der Waals surface area contributed by atoms with Gasteiger partial charge in [-0.1, -0.05) is 23.2 Å². The Morgan fingerprint density at radius 2 is 1.52 bits per heavy atom. The number of ether oxygens (including phenoxy) is 3. The van der Waals surface area contributed by atoms with E-state index in [9.17, 15) is 0 Å². The Kier molecular flexibility index (Phi) is 4.93. The molecule has 1 aromatic heterocycles. The molecule has 25 heavy (non-hydrogen) atoms. The number of pyridine rings is 1. The third kappa shape index (κ3) is 3.08. The summed E-state index contributed by atoms with van der Waals surface area (Å²) >= 11 is 12.2. The van der Waals surface area contributed by atoms with Crippen molar-refractivity contribution in [3.63, 3.8) is 0 Å². The molecule has 0 aliphatic rings. The molecular weight excluding hydrogens is 361 g/mol. The van der Waals surface area contributed by atoms with Crippen LogP contribution in [-0.4, -0.2) is 21.3 Å². The largest absolute Gasteiger partial charge is 0.493 e. The number of hydrogen-bond acceptors (Lipinski definition) is 3. The van der Waals surface area contributed by atoms with Crippen molar-refractivity contribution in [2.45, 2.75) is 0 Å². The highest BCUT2D eigenvalue weighted by Gasteiger charge is 2.23. The van der Waals surface area contributed by atoms with Gasteiger partial charge in [-0.25, -0.2) is 0 Å². The lowest BCUT2D eigenvalue weighted by molar-refractivity contribution is -0.659. The monoisotopic (exact) mass is 378 g/mol. The maximum atomic E-state index is 6.20. The second-order valence-electron chi connectivity index (χ2n) is 5.55. The quantitative estimate of drug-likeness (QED) is 0.618. The predicted molar refractivity (Wildman–Crippen MR) is 100 cm³/mol. The minimum absolute atomic E-state index is 0.494. The zero-order chi connectivity index (χ0) is 18.1. The summed E-state index contributed by atoms with van der Waals surface area (Å²) in [5.74, 6) is 2.03. The maximum absolute atomic E-state index is 6.20. The van der Waals surface area contributed by atoms with E-state index >= 15 is 0 Å². The molecule has 0 radical (unpaired) electrons. The van der Waals surface area contributed by atoms with Crippen LogP contribution >= 0.6 is 23.2 Å². The summed E-state index contributed by atoms with van der Waals surface area (Å²) in [7, 11) is 6.83. The molecule has 0 bridgehead atoms. The van der Waals surface area contributed by atoms with Crippen LogP contribution in [-0.2, 0) is 7.05 Å². The number of aromatic nitrogens is 1. The molecule has 0 N–H and O–H groups in total. The lowest BCUT2D eigenvalue weighted by Gasteiger charge is -2.13. The van der Waals surface area contributed by atoms with Crippen LogP contribution < -0.4 is 18.8 Å². The molecule has 0 saturated carbocycles. The van der Waals surface area contributed by atoms with Gasteiger partial charge in [0.25, 0.3) is 5.69 Å². The van der Waals surface area contributed by atoms with Gasteiger partial charge in [0.1, 0.15) is 7.05 Å². The van der Waals surface area contributed by atoms with Crippen LogP contribution in [0.25, 0.3) is 22.0 Å². The van der Waals surface area contributed by atoms with Gasteiger partial charge < -0.3 is 14.2 Å². The first-order valence-corrected chi connectivity index (χ1v) is 8.33. The molecule has 130 valence electrons. The predicted octanol–water partition coefficient (Wildman–Crippen LogP) is 4.66. The van der Waals surface area contributed by atoms with Gasteiger partial charge in [-0.3, -0.25) is 0 Å². The Balaban J connectivity index is 2.35. The Morgan fingerprint density at radius 1 is 0.840 bits per heavy atom. The number of methoxy groups -OCH3 is 3. The lowest BCUT2D eigenvalue weighted by atomic mass is 10.0. The minimum atomic E-state index is 0.494. The summed E-state index contributed by atoms with van der Waals surface area (Å²) in [4.78, 5) is 0. The molecular formula is C19H18Cl2NO3+. The van der Waals surface area contributed by atoms with Crippen LogP contribution in [0, 0.1) is 0 Å². The molecule has 0 aliphatic carbocycles. The van der Waals surface area contributed by atoms with E-state index in [1.807, 2.05) is 42.1 Å². The van der Waals surface area contributed by atoms with E-state index in [1.165, 1.54) is 0 Å². The fourth-order valence-electron chi connectivity index (χ4n) is 2.94. The highest BCUT2D eigenvalue weighted by Crippen LogP contribution is 2.40. The van der Waals surface area contributed by atoms with E-state index in [1.54, 1.807) is 27.4 Å². The first-order chi connectivity index (χ1) is 12.0. The van der Waals surface area contributed by atoms with Gasteiger partial charge in [0.15, 0.2) is 23.4 Å². The first kappa shape index (κ1) is 17.6. The van der Waals surface area contributed by atoms with Gasteiger partial charge in [0, 0.05) is 5.39 Å². The maximum Gasteiger partial charge on any atom is 0.255 e. The van der Waals surface area contributed by atoms with Crippen molar-refractivity contribution < 1.29 is 18.8 Å². The van der Waals surface area contributed by atoms with E-state index in [4.69, 9.17) is 37.4 Å². The zero-order valence-corrected chi connectivity index (χ0v) is 15.9. The van der Waals surface area contributed by atoms with Gasteiger partial charge in [-0.15, -0.1) is 0 Å². The summed E-state index contributed by atoms with van der Waals surface area (Å²) in [6.07, 6.45) is 2.01. The Morgan fingerprint density at radius 3 is 2.12 bits per heavy atom. The molecule has 3 aromatic rings. The van der Waals surface area contributed by atoms with Gasteiger partial charge in [-0.05, 0) is 30.3 Å². The molecule has 1 heterocycles. The number of hydrogen-bond donors (Lipinski definition) is 0. The van der Waals surface area contributed by atoms with Gasteiger partial charge in [-0.2, -0.15) is 4.57 Å². The van der Waals surface area contributed by atoms with Crippen molar-refractivity contribution in [3.8, 4) is 28.5 Å². The van der Waals surface area contributed by atoms with Crippen molar-refractivity contribution in [1.82, 2.24) is 0 Å². The molecule has 4 nitrogen and oxygen atoms in total. The number of fused-ring (bicyclic) bond motifs is 1. The van der Waals surface area contributed by atoms with Crippen LogP contribution in [0.4, 0.5) is 0 Å². The smallest absolute Gasteiger partial charge is 0.255 e. The Labute approximate surface area is 156 Å². The summed E-state index contributed by atoms with van der Waals surface area (Å²) in [6.45, 7) is 0. The van der Waals surface area contributed by atoms with Gasteiger partial charge in [0.05, 0.1) is 42.3 Å². The van der Waals surface area contributed by atoms with E-state index in [-0.39, 0.29) is 0 Å². The average Bonchev–Trinajstić information content (AvgIpc) is 2.61. The SMILES string of the molecule is COc1cc2c[n+](C)c(-c3ccc(Cl)c(Cl)c3)c(OC)c2cc1OC. The van der Waals surface area contributed by atoms with Crippen molar-refractivity contribution in [2.75, 3.05) is 21.3 Å². The lowest BCUT2D eigenvalue weighted by Crippen LogP contribution is -2.31. The van der Waals surface area contributed by atoms with Gasteiger partial charge >= 0.3 is 0 Å².